The number of rotatable bonds is 6. The van der Waals surface area contributed by atoms with Crippen LogP contribution in [0, 0.1) is 11.8 Å². The van der Waals surface area contributed by atoms with Crippen LogP contribution in [0.1, 0.15) is 19.3 Å². The lowest BCUT2D eigenvalue weighted by Gasteiger charge is -2.13. The van der Waals surface area contributed by atoms with Gasteiger partial charge in [-0.1, -0.05) is 63.6 Å². The van der Waals surface area contributed by atoms with E-state index in [0.29, 0.717) is 0 Å². The molecule has 0 spiro atoms. The fourth-order valence-corrected chi connectivity index (χ4v) is 4.32. The third-order valence-corrected chi connectivity index (χ3v) is 6.71. The smallest absolute Gasteiger partial charge is 0.0480 e. The first-order chi connectivity index (χ1) is 8.66. The van der Waals surface area contributed by atoms with Crippen LogP contribution in [0.5, 0.6) is 0 Å². The lowest BCUT2D eigenvalue weighted by atomic mass is 10.0. The molecular formula is C17H34Si2. The molecule has 0 N–H and O–H groups in total. The van der Waals surface area contributed by atoms with Crippen molar-refractivity contribution in [2.24, 2.45) is 11.8 Å². The van der Waals surface area contributed by atoms with Crippen LogP contribution in [-0.4, -0.2) is 16.1 Å². The van der Waals surface area contributed by atoms with Crippen LogP contribution in [-0.2, 0) is 0 Å². The lowest BCUT2D eigenvalue weighted by Crippen LogP contribution is -2.17. The monoisotopic (exact) mass is 294 g/mol. The van der Waals surface area contributed by atoms with Gasteiger partial charge < -0.3 is 0 Å². The van der Waals surface area contributed by atoms with Crippen molar-refractivity contribution in [1.82, 2.24) is 0 Å². The van der Waals surface area contributed by atoms with E-state index in [0.717, 1.165) is 11.8 Å². The van der Waals surface area contributed by atoms with Crippen LogP contribution < -0.4 is 0 Å². The Hall–Kier alpha value is -0.0862. The third-order valence-electron chi connectivity index (χ3n) is 3.79. The Kier molecular flexibility index (Phi) is 6.32. The van der Waals surface area contributed by atoms with Crippen LogP contribution in [0.4, 0.5) is 0 Å². The molecule has 1 fully saturated rings. The topological polar surface area (TPSA) is 0 Å². The highest BCUT2D eigenvalue weighted by Crippen LogP contribution is 2.33. The molecule has 0 heterocycles. The molecule has 0 aromatic rings. The quantitative estimate of drug-likeness (QED) is 0.404. The second-order valence-electron chi connectivity index (χ2n) is 8.72. The summed E-state index contributed by atoms with van der Waals surface area (Å²) in [6, 6.07) is 2.69. The van der Waals surface area contributed by atoms with Gasteiger partial charge in [-0.2, -0.15) is 0 Å². The van der Waals surface area contributed by atoms with Crippen molar-refractivity contribution in [2.75, 3.05) is 0 Å². The first-order valence-corrected chi connectivity index (χ1v) is 15.4. The minimum atomic E-state index is -0.884. The summed E-state index contributed by atoms with van der Waals surface area (Å²) >= 11 is 0. The van der Waals surface area contributed by atoms with Gasteiger partial charge in [-0.3, -0.25) is 0 Å². The molecule has 0 amide bonds. The van der Waals surface area contributed by atoms with Gasteiger partial charge in [0.25, 0.3) is 0 Å². The van der Waals surface area contributed by atoms with E-state index in [1.54, 1.807) is 0 Å². The molecule has 2 unspecified atom stereocenters. The van der Waals surface area contributed by atoms with Crippen LogP contribution >= 0.6 is 0 Å². The van der Waals surface area contributed by atoms with Gasteiger partial charge in [0.15, 0.2) is 0 Å². The Labute approximate surface area is 123 Å². The lowest BCUT2D eigenvalue weighted by molar-refractivity contribution is 0.638. The Balaban J connectivity index is 2.30. The predicted molar refractivity (Wildman–Crippen MR) is 95.4 cm³/mol. The first-order valence-electron chi connectivity index (χ1n) is 7.99. The fraction of sp³-hybridized carbons (Fsp3) is 0.765. The summed E-state index contributed by atoms with van der Waals surface area (Å²) in [6.45, 7) is 14.7. The first kappa shape index (κ1) is 17.0. The van der Waals surface area contributed by atoms with E-state index in [1.165, 1.54) is 31.4 Å². The maximum Gasteiger partial charge on any atom is 0.0480 e. The Bertz CT molecular complexity index is 283. The Morgan fingerprint density at radius 3 is 1.42 bits per heavy atom. The molecule has 0 aromatic heterocycles. The van der Waals surface area contributed by atoms with E-state index in [2.05, 4.69) is 63.6 Å². The zero-order valence-electron chi connectivity index (χ0n) is 14.0. The van der Waals surface area contributed by atoms with E-state index in [4.69, 9.17) is 0 Å². The molecule has 1 rings (SSSR count). The van der Waals surface area contributed by atoms with Gasteiger partial charge in [0.2, 0.25) is 0 Å². The predicted octanol–water partition coefficient (Wildman–Crippen LogP) is 6.19. The average Bonchev–Trinajstić information content (AvgIpc) is 2.62. The minimum Gasteiger partial charge on any atom is -0.0909 e. The second-order valence-corrected chi connectivity index (χ2v) is 19.8. The van der Waals surface area contributed by atoms with E-state index in [9.17, 15) is 0 Å². The van der Waals surface area contributed by atoms with Gasteiger partial charge >= 0.3 is 0 Å². The van der Waals surface area contributed by atoms with E-state index < -0.39 is 16.1 Å². The molecular weight excluding hydrogens is 260 g/mol. The van der Waals surface area contributed by atoms with Crippen molar-refractivity contribution < 1.29 is 0 Å². The number of allylic oxidation sites excluding steroid dienone is 4. The summed E-state index contributed by atoms with van der Waals surface area (Å²) in [5.74, 6) is 1.72. The molecule has 0 aliphatic heterocycles. The maximum absolute atomic E-state index is 2.52. The van der Waals surface area contributed by atoms with Crippen molar-refractivity contribution in [2.45, 2.75) is 70.6 Å². The largest absolute Gasteiger partial charge is 0.0909 e. The minimum absolute atomic E-state index is 0.859. The van der Waals surface area contributed by atoms with Crippen LogP contribution in [0.25, 0.3) is 0 Å². The van der Waals surface area contributed by atoms with Gasteiger partial charge in [-0.05, 0) is 43.2 Å². The molecule has 1 saturated carbocycles. The zero-order valence-corrected chi connectivity index (χ0v) is 16.0. The highest BCUT2D eigenvalue weighted by atomic mass is 28.3. The molecule has 19 heavy (non-hydrogen) atoms. The molecule has 0 nitrogen and oxygen atoms in total. The highest BCUT2D eigenvalue weighted by Gasteiger charge is 2.21. The van der Waals surface area contributed by atoms with Crippen molar-refractivity contribution in [3.05, 3.63) is 24.3 Å². The molecule has 2 atom stereocenters. The molecule has 2 heteroatoms. The second kappa shape index (κ2) is 7.07. The molecule has 0 bridgehead atoms. The summed E-state index contributed by atoms with van der Waals surface area (Å²) in [5.41, 5.74) is 0. The SMILES string of the molecule is C[Si](C)(C)C/C=C\C1CCC(/C=C/C[Si](C)(C)C)C1. The summed E-state index contributed by atoms with van der Waals surface area (Å²) in [7, 11) is -1.77. The van der Waals surface area contributed by atoms with Crippen LogP contribution in [0.3, 0.4) is 0 Å². The molecule has 0 aromatic carbocycles. The van der Waals surface area contributed by atoms with Gasteiger partial charge in [-0.25, -0.2) is 0 Å². The standard InChI is InChI=1S/C17H34Si2/c1-18(2,3)13-7-9-16-11-12-17(15-16)10-8-14-19(4,5)6/h7-10,16-17H,11-15H2,1-6H3/b9-7-,10-8+. The molecule has 1 aliphatic carbocycles. The Morgan fingerprint density at radius 2 is 1.11 bits per heavy atom. The van der Waals surface area contributed by atoms with Gasteiger partial charge in [0.1, 0.15) is 0 Å². The summed E-state index contributed by atoms with van der Waals surface area (Å²) in [6.07, 6.45) is 14.2. The molecule has 110 valence electrons. The highest BCUT2D eigenvalue weighted by molar-refractivity contribution is 6.76. The van der Waals surface area contributed by atoms with Crippen molar-refractivity contribution >= 4 is 16.1 Å². The fourth-order valence-electron chi connectivity index (χ4n) is 2.63. The van der Waals surface area contributed by atoms with Gasteiger partial charge in [-0.15, -0.1) is 0 Å². The van der Waals surface area contributed by atoms with Crippen molar-refractivity contribution in [3.63, 3.8) is 0 Å². The van der Waals surface area contributed by atoms with Crippen molar-refractivity contribution in [1.29, 1.82) is 0 Å². The van der Waals surface area contributed by atoms with E-state index >= 15 is 0 Å². The Morgan fingerprint density at radius 1 is 0.737 bits per heavy atom. The van der Waals surface area contributed by atoms with Crippen LogP contribution in [0.2, 0.25) is 51.4 Å². The average molecular weight is 295 g/mol. The molecule has 1 aliphatic rings. The number of hydrogen-bond acceptors (Lipinski definition) is 0. The summed E-state index contributed by atoms with van der Waals surface area (Å²) in [4.78, 5) is 0. The normalized spacial score (nSPS) is 25.8. The van der Waals surface area contributed by atoms with Gasteiger partial charge in [0.05, 0.1) is 0 Å². The summed E-state index contributed by atoms with van der Waals surface area (Å²) < 4.78 is 0. The maximum atomic E-state index is 2.52. The zero-order chi connectivity index (χ0) is 14.5. The molecule has 0 saturated heterocycles. The number of hydrogen-bond donors (Lipinski definition) is 0. The summed E-state index contributed by atoms with van der Waals surface area (Å²) in [5, 5.41) is 0. The van der Waals surface area contributed by atoms with Crippen LogP contribution in [0.15, 0.2) is 24.3 Å². The van der Waals surface area contributed by atoms with Gasteiger partial charge in [0, 0.05) is 16.1 Å². The van der Waals surface area contributed by atoms with E-state index in [1.807, 2.05) is 0 Å². The van der Waals surface area contributed by atoms with Crippen molar-refractivity contribution in [3.8, 4) is 0 Å². The third kappa shape index (κ3) is 8.64. The molecule has 0 radical (unpaired) electrons. The van der Waals surface area contributed by atoms with E-state index in [-0.39, 0.29) is 0 Å².